The quantitative estimate of drug-likeness (QED) is 0.668. The number of sulfone groups is 1. The minimum Gasteiger partial charge on any atom is -0.356 e. The lowest BCUT2D eigenvalue weighted by atomic mass is 10.1. The Morgan fingerprint density at radius 2 is 2.09 bits per heavy atom. The summed E-state index contributed by atoms with van der Waals surface area (Å²) in [4.78, 5) is 6.26. The fourth-order valence-corrected chi connectivity index (χ4v) is 4.58. The van der Waals surface area contributed by atoms with Crippen molar-refractivity contribution in [2.75, 3.05) is 32.1 Å². The summed E-state index contributed by atoms with van der Waals surface area (Å²) in [6, 6.07) is 7.69. The maximum Gasteiger partial charge on any atom is 0.193 e. The highest BCUT2D eigenvalue weighted by molar-refractivity contribution is 7.91. The Morgan fingerprint density at radius 1 is 1.41 bits per heavy atom. The van der Waals surface area contributed by atoms with Crippen LogP contribution in [0.3, 0.4) is 0 Å². The number of aliphatic imine (C=N–C) groups is 1. The van der Waals surface area contributed by atoms with Gasteiger partial charge in [-0.3, -0.25) is 4.99 Å². The first-order valence-corrected chi connectivity index (χ1v) is 9.46. The Balaban J connectivity index is 1.87. The molecule has 0 aliphatic carbocycles. The maximum atomic E-state index is 11.5. The molecular weight excluding hydrogens is 322 g/mol. The molecule has 122 valence electrons. The first-order valence-electron chi connectivity index (χ1n) is 7.26. The van der Waals surface area contributed by atoms with Crippen LogP contribution in [0.15, 0.2) is 29.3 Å². The van der Waals surface area contributed by atoms with Crippen LogP contribution < -0.4 is 5.32 Å². The molecule has 1 aromatic carbocycles. The van der Waals surface area contributed by atoms with Gasteiger partial charge in [-0.2, -0.15) is 0 Å². The summed E-state index contributed by atoms with van der Waals surface area (Å²) >= 11 is 5.88. The Morgan fingerprint density at radius 3 is 2.64 bits per heavy atom. The Kier molecular flexibility index (Phi) is 5.69. The van der Waals surface area contributed by atoms with Crippen LogP contribution in [0.1, 0.15) is 12.0 Å². The second-order valence-electron chi connectivity index (χ2n) is 5.68. The second-order valence-corrected chi connectivity index (χ2v) is 8.34. The number of benzene rings is 1. The fourth-order valence-electron chi connectivity index (χ4n) is 2.59. The van der Waals surface area contributed by atoms with Crippen LogP contribution in [0.2, 0.25) is 5.02 Å². The van der Waals surface area contributed by atoms with Crippen molar-refractivity contribution in [3.05, 3.63) is 34.9 Å². The van der Waals surface area contributed by atoms with Crippen LogP contribution in [0.25, 0.3) is 0 Å². The van der Waals surface area contributed by atoms with Gasteiger partial charge in [0.15, 0.2) is 15.8 Å². The van der Waals surface area contributed by atoms with Gasteiger partial charge >= 0.3 is 0 Å². The SMILES string of the molecule is CN=C(NCC1CCS(=O)(=O)C1)N(C)Cc1ccc(Cl)cc1. The predicted molar refractivity (Wildman–Crippen MR) is 91.0 cm³/mol. The van der Waals surface area contributed by atoms with Crippen molar-refractivity contribution in [3.8, 4) is 0 Å². The summed E-state index contributed by atoms with van der Waals surface area (Å²) in [5, 5.41) is 3.98. The molecule has 1 saturated heterocycles. The zero-order valence-electron chi connectivity index (χ0n) is 12.9. The molecule has 1 atom stereocenters. The van der Waals surface area contributed by atoms with Gasteiger partial charge in [0, 0.05) is 32.2 Å². The zero-order valence-corrected chi connectivity index (χ0v) is 14.5. The summed E-state index contributed by atoms with van der Waals surface area (Å²) < 4.78 is 23.0. The standard InChI is InChI=1S/C15H22ClN3O2S/c1-17-15(18-9-13-7-8-22(20,21)11-13)19(2)10-12-3-5-14(16)6-4-12/h3-6,13H,7-11H2,1-2H3,(H,17,18). The molecule has 0 amide bonds. The van der Waals surface area contributed by atoms with Gasteiger partial charge in [-0.15, -0.1) is 0 Å². The van der Waals surface area contributed by atoms with Crippen LogP contribution in [0.5, 0.6) is 0 Å². The van der Waals surface area contributed by atoms with Gasteiger partial charge in [-0.05, 0) is 30.0 Å². The summed E-state index contributed by atoms with van der Waals surface area (Å²) in [5.74, 6) is 1.51. The molecule has 1 N–H and O–H groups in total. The highest BCUT2D eigenvalue weighted by atomic mass is 35.5. The van der Waals surface area contributed by atoms with E-state index in [0.717, 1.165) is 23.0 Å². The van der Waals surface area contributed by atoms with Crippen molar-refractivity contribution in [1.82, 2.24) is 10.2 Å². The molecule has 5 nitrogen and oxygen atoms in total. The number of rotatable bonds is 4. The van der Waals surface area contributed by atoms with Crippen molar-refractivity contribution >= 4 is 27.4 Å². The third-order valence-corrected chi connectivity index (χ3v) is 5.87. The molecule has 1 heterocycles. The first kappa shape index (κ1) is 17.1. The molecule has 1 aliphatic heterocycles. The van der Waals surface area contributed by atoms with E-state index in [1.807, 2.05) is 36.2 Å². The molecule has 1 fully saturated rings. The van der Waals surface area contributed by atoms with Gasteiger partial charge in [0.1, 0.15) is 0 Å². The predicted octanol–water partition coefficient (Wildman–Crippen LogP) is 1.78. The van der Waals surface area contributed by atoms with E-state index < -0.39 is 9.84 Å². The molecular formula is C15H22ClN3O2S. The second kappa shape index (κ2) is 7.33. The molecule has 7 heteroatoms. The normalized spacial score (nSPS) is 20.9. The third-order valence-electron chi connectivity index (χ3n) is 3.78. The lowest BCUT2D eigenvalue weighted by Crippen LogP contribution is -2.40. The van der Waals surface area contributed by atoms with Crippen LogP contribution in [-0.4, -0.2) is 51.4 Å². The summed E-state index contributed by atoms with van der Waals surface area (Å²) in [6.45, 7) is 1.34. The van der Waals surface area contributed by atoms with Gasteiger partial charge in [0.2, 0.25) is 0 Å². The van der Waals surface area contributed by atoms with E-state index in [1.54, 1.807) is 7.05 Å². The van der Waals surface area contributed by atoms with E-state index >= 15 is 0 Å². The van der Waals surface area contributed by atoms with Gasteiger partial charge in [0.05, 0.1) is 11.5 Å². The molecule has 2 rings (SSSR count). The minimum absolute atomic E-state index is 0.172. The van der Waals surface area contributed by atoms with Crippen molar-refractivity contribution < 1.29 is 8.42 Å². The topological polar surface area (TPSA) is 61.8 Å². The van der Waals surface area contributed by atoms with Gasteiger partial charge in [-0.1, -0.05) is 23.7 Å². The molecule has 1 unspecified atom stereocenters. The molecule has 1 aromatic rings. The van der Waals surface area contributed by atoms with Gasteiger partial charge < -0.3 is 10.2 Å². The van der Waals surface area contributed by atoms with E-state index in [-0.39, 0.29) is 11.7 Å². The van der Waals surface area contributed by atoms with E-state index in [9.17, 15) is 8.42 Å². The Hall–Kier alpha value is -1.27. The Bertz CT molecular complexity index is 629. The molecule has 0 spiro atoms. The first-order chi connectivity index (χ1) is 10.4. The molecule has 0 aromatic heterocycles. The highest BCUT2D eigenvalue weighted by Gasteiger charge is 2.27. The Labute approximate surface area is 137 Å². The minimum atomic E-state index is -2.83. The smallest absolute Gasteiger partial charge is 0.193 e. The zero-order chi connectivity index (χ0) is 16.2. The molecule has 1 aliphatic rings. The highest BCUT2D eigenvalue weighted by Crippen LogP contribution is 2.17. The monoisotopic (exact) mass is 343 g/mol. The largest absolute Gasteiger partial charge is 0.356 e. The maximum absolute atomic E-state index is 11.5. The van der Waals surface area contributed by atoms with Crippen molar-refractivity contribution in [2.24, 2.45) is 10.9 Å². The summed E-state index contributed by atoms with van der Waals surface area (Å²) in [6.07, 6.45) is 0.729. The van der Waals surface area contributed by atoms with Crippen LogP contribution in [0, 0.1) is 5.92 Å². The van der Waals surface area contributed by atoms with Crippen molar-refractivity contribution in [3.63, 3.8) is 0 Å². The fraction of sp³-hybridized carbons (Fsp3) is 0.533. The molecule has 0 saturated carbocycles. The van der Waals surface area contributed by atoms with Crippen LogP contribution >= 0.6 is 11.6 Å². The van der Waals surface area contributed by atoms with Crippen molar-refractivity contribution in [1.29, 1.82) is 0 Å². The van der Waals surface area contributed by atoms with E-state index in [4.69, 9.17) is 11.6 Å². The van der Waals surface area contributed by atoms with Crippen molar-refractivity contribution in [2.45, 2.75) is 13.0 Å². The average Bonchev–Trinajstić information content (AvgIpc) is 2.81. The lowest BCUT2D eigenvalue weighted by Gasteiger charge is -2.23. The average molecular weight is 344 g/mol. The number of nitrogens with zero attached hydrogens (tertiary/aromatic N) is 2. The number of hydrogen-bond acceptors (Lipinski definition) is 3. The van der Waals surface area contributed by atoms with Crippen LogP contribution in [0.4, 0.5) is 0 Å². The third kappa shape index (κ3) is 4.88. The van der Waals surface area contributed by atoms with Gasteiger partial charge in [-0.25, -0.2) is 8.42 Å². The van der Waals surface area contributed by atoms with E-state index in [2.05, 4.69) is 10.3 Å². The lowest BCUT2D eigenvalue weighted by molar-refractivity contribution is 0.463. The number of guanidine groups is 1. The summed E-state index contributed by atoms with van der Waals surface area (Å²) in [7, 11) is 0.853. The van der Waals surface area contributed by atoms with E-state index in [0.29, 0.717) is 18.8 Å². The molecule has 0 bridgehead atoms. The molecule has 22 heavy (non-hydrogen) atoms. The van der Waals surface area contributed by atoms with Gasteiger partial charge in [0.25, 0.3) is 0 Å². The van der Waals surface area contributed by atoms with E-state index in [1.165, 1.54) is 0 Å². The number of halogens is 1. The van der Waals surface area contributed by atoms with Crippen LogP contribution in [-0.2, 0) is 16.4 Å². The number of nitrogens with one attached hydrogen (secondary N) is 1. The molecule has 0 radical (unpaired) electrons. The number of hydrogen-bond donors (Lipinski definition) is 1. The summed E-state index contributed by atoms with van der Waals surface area (Å²) in [5.41, 5.74) is 1.14.